The monoisotopic (exact) mass is 311 g/mol. The zero-order valence-corrected chi connectivity index (χ0v) is 13.7. The topological polar surface area (TPSA) is 55.3 Å². The predicted molar refractivity (Wildman–Crippen MR) is 87.5 cm³/mol. The summed E-state index contributed by atoms with van der Waals surface area (Å²) in [5.74, 6) is -0.0200. The van der Waals surface area contributed by atoms with E-state index < -0.39 is 0 Å². The third-order valence-electron chi connectivity index (χ3n) is 4.49. The normalized spacial score (nSPS) is 17.3. The molecule has 1 fully saturated rings. The molecule has 1 aromatic carbocycles. The van der Waals surface area contributed by atoms with Crippen LogP contribution in [0.3, 0.4) is 0 Å². The van der Waals surface area contributed by atoms with Gasteiger partial charge in [-0.25, -0.2) is 9.97 Å². The molecule has 3 rings (SSSR count). The third-order valence-corrected chi connectivity index (χ3v) is 4.49. The number of rotatable bonds is 3. The number of likely N-dealkylation sites (tertiary alicyclic amines) is 1. The fourth-order valence-corrected chi connectivity index (χ4v) is 3.03. The molecule has 120 valence electrons. The van der Waals surface area contributed by atoms with Crippen LogP contribution >= 0.6 is 0 Å². The highest BCUT2D eigenvalue weighted by atomic mass is 16.5. The third kappa shape index (κ3) is 3.04. The average Bonchev–Trinajstić information content (AvgIpc) is 3.06. The van der Waals surface area contributed by atoms with Crippen LogP contribution in [0.1, 0.15) is 45.9 Å². The van der Waals surface area contributed by atoms with Crippen LogP contribution in [0.25, 0.3) is 0 Å². The summed E-state index contributed by atoms with van der Waals surface area (Å²) >= 11 is 0. The van der Waals surface area contributed by atoms with Gasteiger partial charge < -0.3 is 9.64 Å². The van der Waals surface area contributed by atoms with Crippen molar-refractivity contribution in [2.75, 3.05) is 13.7 Å². The first-order valence-electron chi connectivity index (χ1n) is 7.84. The smallest absolute Gasteiger partial charge is 0.316 e. The molecule has 1 atom stereocenters. The predicted octanol–water partition coefficient (Wildman–Crippen LogP) is 3.08. The Balaban J connectivity index is 1.85. The minimum atomic E-state index is -0.0200. The minimum absolute atomic E-state index is 0.0200. The van der Waals surface area contributed by atoms with Gasteiger partial charge in [0, 0.05) is 18.9 Å². The van der Waals surface area contributed by atoms with Gasteiger partial charge in [-0.1, -0.05) is 18.2 Å². The Morgan fingerprint density at radius 3 is 2.61 bits per heavy atom. The molecule has 1 aromatic heterocycles. The molecule has 1 aliphatic heterocycles. The molecule has 0 radical (unpaired) electrons. The largest absolute Gasteiger partial charge is 0.467 e. The van der Waals surface area contributed by atoms with Crippen LogP contribution in [0.4, 0.5) is 0 Å². The molecule has 2 heterocycles. The van der Waals surface area contributed by atoms with Crippen LogP contribution < -0.4 is 4.74 Å². The second-order valence-corrected chi connectivity index (χ2v) is 5.96. The molecule has 5 heteroatoms. The van der Waals surface area contributed by atoms with Gasteiger partial charge in [0.1, 0.15) is 0 Å². The van der Waals surface area contributed by atoms with Gasteiger partial charge in [-0.15, -0.1) is 0 Å². The first-order chi connectivity index (χ1) is 11.1. The van der Waals surface area contributed by atoms with Crippen LogP contribution in [0, 0.1) is 13.8 Å². The maximum atomic E-state index is 12.8. The molecule has 1 aliphatic rings. The van der Waals surface area contributed by atoms with Gasteiger partial charge >= 0.3 is 6.01 Å². The number of methoxy groups -OCH3 is 1. The summed E-state index contributed by atoms with van der Waals surface area (Å²) in [6.45, 7) is 4.98. The van der Waals surface area contributed by atoms with E-state index in [1.54, 1.807) is 0 Å². The standard InChI is InChI=1S/C18H21N3O2/c1-12-6-7-14(9-13(12)2)16-5-4-8-21(16)17(22)15-10-19-18(23-3)20-11-15/h6-7,9-11,16H,4-5,8H2,1-3H3. The fourth-order valence-electron chi connectivity index (χ4n) is 3.03. The van der Waals surface area contributed by atoms with Crippen molar-refractivity contribution in [3.8, 4) is 6.01 Å². The van der Waals surface area contributed by atoms with Crippen molar-refractivity contribution in [3.05, 3.63) is 52.8 Å². The van der Waals surface area contributed by atoms with Crippen molar-refractivity contribution < 1.29 is 9.53 Å². The van der Waals surface area contributed by atoms with E-state index in [9.17, 15) is 4.79 Å². The number of hydrogen-bond acceptors (Lipinski definition) is 4. The van der Waals surface area contributed by atoms with E-state index in [1.165, 1.54) is 36.2 Å². The van der Waals surface area contributed by atoms with E-state index in [-0.39, 0.29) is 18.0 Å². The van der Waals surface area contributed by atoms with E-state index in [0.29, 0.717) is 5.56 Å². The van der Waals surface area contributed by atoms with Crippen molar-refractivity contribution in [2.45, 2.75) is 32.7 Å². The molecule has 0 aliphatic carbocycles. The number of aryl methyl sites for hydroxylation is 2. The highest BCUT2D eigenvalue weighted by molar-refractivity contribution is 5.94. The summed E-state index contributed by atoms with van der Waals surface area (Å²) in [6, 6.07) is 6.85. The minimum Gasteiger partial charge on any atom is -0.467 e. The summed E-state index contributed by atoms with van der Waals surface area (Å²) in [4.78, 5) is 22.8. The molecule has 0 spiro atoms. The summed E-state index contributed by atoms with van der Waals surface area (Å²) in [5.41, 5.74) is 4.23. The maximum absolute atomic E-state index is 12.8. The van der Waals surface area contributed by atoms with Gasteiger partial charge in [-0.2, -0.15) is 0 Å². The van der Waals surface area contributed by atoms with Gasteiger partial charge in [0.15, 0.2) is 0 Å². The molecule has 5 nitrogen and oxygen atoms in total. The second-order valence-electron chi connectivity index (χ2n) is 5.96. The van der Waals surface area contributed by atoms with E-state index in [4.69, 9.17) is 4.74 Å². The molecule has 0 bridgehead atoms. The Bertz CT molecular complexity index is 713. The molecule has 1 unspecified atom stereocenters. The van der Waals surface area contributed by atoms with Gasteiger partial charge in [-0.3, -0.25) is 4.79 Å². The van der Waals surface area contributed by atoms with Gasteiger partial charge in [0.05, 0.1) is 18.7 Å². The summed E-state index contributed by atoms with van der Waals surface area (Å²) in [6.07, 6.45) is 5.07. The van der Waals surface area contributed by atoms with Crippen molar-refractivity contribution in [1.29, 1.82) is 0 Å². The van der Waals surface area contributed by atoms with Crippen molar-refractivity contribution in [3.63, 3.8) is 0 Å². The van der Waals surface area contributed by atoms with Crippen molar-refractivity contribution >= 4 is 5.91 Å². The Hall–Kier alpha value is -2.43. The van der Waals surface area contributed by atoms with Crippen LogP contribution in [0.15, 0.2) is 30.6 Å². The Labute approximate surface area is 136 Å². The number of aromatic nitrogens is 2. The number of carbonyl (C=O) groups is 1. The zero-order valence-electron chi connectivity index (χ0n) is 13.7. The zero-order chi connectivity index (χ0) is 16.4. The number of carbonyl (C=O) groups excluding carboxylic acids is 1. The second kappa shape index (κ2) is 6.36. The lowest BCUT2D eigenvalue weighted by molar-refractivity contribution is 0.0734. The lowest BCUT2D eigenvalue weighted by atomic mass is 9.99. The van der Waals surface area contributed by atoms with Crippen molar-refractivity contribution in [2.24, 2.45) is 0 Å². The fraction of sp³-hybridized carbons (Fsp3) is 0.389. The Morgan fingerprint density at radius 2 is 1.96 bits per heavy atom. The molecule has 2 aromatic rings. The SMILES string of the molecule is COc1ncc(C(=O)N2CCCC2c2ccc(C)c(C)c2)cn1. The van der Waals surface area contributed by atoms with Crippen LogP contribution in [-0.2, 0) is 0 Å². The van der Waals surface area contributed by atoms with E-state index >= 15 is 0 Å². The molecule has 23 heavy (non-hydrogen) atoms. The summed E-state index contributed by atoms with van der Waals surface area (Å²) < 4.78 is 4.94. The lowest BCUT2D eigenvalue weighted by Crippen LogP contribution is -2.30. The van der Waals surface area contributed by atoms with Gasteiger partial charge in [-0.05, 0) is 43.4 Å². The van der Waals surface area contributed by atoms with E-state index in [0.717, 1.165) is 19.4 Å². The maximum Gasteiger partial charge on any atom is 0.316 e. The van der Waals surface area contributed by atoms with Gasteiger partial charge in [0.25, 0.3) is 5.91 Å². The first-order valence-corrected chi connectivity index (χ1v) is 7.84. The molecular weight excluding hydrogens is 290 g/mol. The summed E-state index contributed by atoms with van der Waals surface area (Å²) in [5, 5.41) is 0. The Morgan fingerprint density at radius 1 is 1.22 bits per heavy atom. The number of ether oxygens (including phenoxy) is 1. The number of nitrogens with zero attached hydrogens (tertiary/aromatic N) is 3. The average molecular weight is 311 g/mol. The Kier molecular flexibility index (Phi) is 4.28. The molecular formula is C18H21N3O2. The van der Waals surface area contributed by atoms with Crippen LogP contribution in [-0.4, -0.2) is 34.4 Å². The van der Waals surface area contributed by atoms with Crippen LogP contribution in [0.2, 0.25) is 0 Å². The van der Waals surface area contributed by atoms with Crippen LogP contribution in [0.5, 0.6) is 6.01 Å². The quantitative estimate of drug-likeness (QED) is 0.874. The van der Waals surface area contributed by atoms with Crippen molar-refractivity contribution in [1.82, 2.24) is 14.9 Å². The number of amides is 1. The number of benzene rings is 1. The number of hydrogen-bond donors (Lipinski definition) is 0. The van der Waals surface area contributed by atoms with E-state index in [2.05, 4.69) is 42.0 Å². The summed E-state index contributed by atoms with van der Waals surface area (Å²) in [7, 11) is 1.51. The molecule has 0 N–H and O–H groups in total. The first kappa shape index (κ1) is 15.5. The molecule has 1 saturated heterocycles. The highest BCUT2D eigenvalue weighted by Gasteiger charge is 2.31. The molecule has 0 saturated carbocycles. The lowest BCUT2D eigenvalue weighted by Gasteiger charge is -2.25. The highest BCUT2D eigenvalue weighted by Crippen LogP contribution is 2.33. The van der Waals surface area contributed by atoms with Gasteiger partial charge in [0.2, 0.25) is 0 Å². The molecule has 1 amide bonds. The van der Waals surface area contributed by atoms with E-state index in [1.807, 2.05) is 4.90 Å².